The Kier molecular flexibility index (Phi) is 4.32. The van der Waals surface area contributed by atoms with Gasteiger partial charge < -0.3 is 10.1 Å². The second-order valence-electron chi connectivity index (χ2n) is 5.00. The summed E-state index contributed by atoms with van der Waals surface area (Å²) in [4.78, 5) is 8.33. The summed E-state index contributed by atoms with van der Waals surface area (Å²) in [5.41, 5.74) is 0. The molecule has 0 aliphatic heterocycles. The Balaban J connectivity index is 1.92. The molecule has 1 heterocycles. The predicted octanol–water partition coefficient (Wildman–Crippen LogP) is 2.96. The summed E-state index contributed by atoms with van der Waals surface area (Å²) >= 11 is 1.96. The van der Waals surface area contributed by atoms with Crippen LogP contribution in [0.25, 0.3) is 0 Å². The Bertz CT molecular complexity index is 388. The maximum atomic E-state index is 5.56. The van der Waals surface area contributed by atoms with E-state index in [1.807, 2.05) is 31.7 Å². The van der Waals surface area contributed by atoms with Gasteiger partial charge in [-0.3, -0.25) is 0 Å². The van der Waals surface area contributed by atoms with Crippen molar-refractivity contribution in [1.29, 1.82) is 0 Å². The van der Waals surface area contributed by atoms with E-state index in [2.05, 4.69) is 21.5 Å². The van der Waals surface area contributed by atoms with Crippen molar-refractivity contribution in [3.05, 3.63) is 12.4 Å². The van der Waals surface area contributed by atoms with Crippen LogP contribution < -0.4 is 10.1 Å². The van der Waals surface area contributed by atoms with E-state index >= 15 is 0 Å². The number of hydrogen-bond donors (Lipinski definition) is 1. The predicted molar refractivity (Wildman–Crippen MR) is 76.4 cm³/mol. The van der Waals surface area contributed by atoms with Gasteiger partial charge in [0.25, 0.3) is 0 Å². The van der Waals surface area contributed by atoms with Gasteiger partial charge in [-0.25, -0.2) is 9.97 Å². The molecule has 1 aliphatic carbocycles. The molecular formula is C13H21N3OS. The minimum atomic E-state index is 0.136. The number of hydrogen-bond acceptors (Lipinski definition) is 5. The van der Waals surface area contributed by atoms with Gasteiger partial charge in [0.2, 0.25) is 5.88 Å². The molecule has 1 fully saturated rings. The van der Waals surface area contributed by atoms with Gasteiger partial charge in [0.1, 0.15) is 12.1 Å². The van der Waals surface area contributed by atoms with Crippen molar-refractivity contribution in [1.82, 2.24) is 9.97 Å². The molecule has 0 bridgehead atoms. The third-order valence-corrected chi connectivity index (χ3v) is 4.71. The standard InChI is InChI=1S/C13H21N3OS/c1-10(2)17-12-7-11(15-9-16-12)14-8-13(18-3)5-4-6-13/h7,9-10H,4-6,8H2,1-3H3,(H,14,15,16). The zero-order valence-corrected chi connectivity index (χ0v) is 12.1. The summed E-state index contributed by atoms with van der Waals surface area (Å²) in [6, 6.07) is 1.87. The molecule has 1 aromatic rings. The molecule has 0 saturated heterocycles. The average Bonchev–Trinajstić information content (AvgIpc) is 2.28. The summed E-state index contributed by atoms with van der Waals surface area (Å²) in [6.07, 6.45) is 7.80. The number of thioether (sulfide) groups is 1. The molecular weight excluding hydrogens is 246 g/mol. The monoisotopic (exact) mass is 267 g/mol. The Hall–Kier alpha value is -0.970. The van der Waals surface area contributed by atoms with Gasteiger partial charge in [0.05, 0.1) is 6.10 Å². The lowest BCUT2D eigenvalue weighted by molar-refractivity contribution is 0.232. The van der Waals surface area contributed by atoms with E-state index in [1.165, 1.54) is 19.3 Å². The summed E-state index contributed by atoms with van der Waals surface area (Å²) in [5.74, 6) is 1.48. The first-order valence-electron chi connectivity index (χ1n) is 6.41. The van der Waals surface area contributed by atoms with Crippen LogP contribution in [0.4, 0.5) is 5.82 Å². The van der Waals surface area contributed by atoms with Crippen LogP contribution in [0, 0.1) is 0 Å². The second kappa shape index (κ2) is 5.78. The third kappa shape index (κ3) is 3.28. The zero-order valence-electron chi connectivity index (χ0n) is 11.3. The SMILES string of the molecule is CSC1(CNc2cc(OC(C)C)ncn2)CCC1. The summed E-state index contributed by atoms with van der Waals surface area (Å²) in [5, 5.41) is 3.40. The number of nitrogens with zero attached hydrogens (tertiary/aromatic N) is 2. The molecule has 5 heteroatoms. The average molecular weight is 267 g/mol. The molecule has 1 aromatic heterocycles. The number of nitrogens with one attached hydrogen (secondary N) is 1. The normalized spacial score (nSPS) is 17.3. The molecule has 0 unspecified atom stereocenters. The van der Waals surface area contributed by atoms with Crippen molar-refractivity contribution in [2.75, 3.05) is 18.1 Å². The molecule has 1 aliphatic rings. The van der Waals surface area contributed by atoms with Gasteiger partial charge in [-0.2, -0.15) is 11.8 Å². The van der Waals surface area contributed by atoms with Crippen LogP contribution in [-0.4, -0.2) is 33.6 Å². The van der Waals surface area contributed by atoms with E-state index < -0.39 is 0 Å². The van der Waals surface area contributed by atoms with Gasteiger partial charge in [-0.05, 0) is 32.9 Å². The van der Waals surface area contributed by atoms with Crippen LogP contribution in [0.2, 0.25) is 0 Å². The summed E-state index contributed by atoms with van der Waals surface area (Å²) in [6.45, 7) is 4.95. The van der Waals surface area contributed by atoms with E-state index in [9.17, 15) is 0 Å². The third-order valence-electron chi connectivity index (χ3n) is 3.29. The highest BCUT2D eigenvalue weighted by Gasteiger charge is 2.35. The van der Waals surface area contributed by atoms with Crippen molar-refractivity contribution in [3.8, 4) is 5.88 Å². The quantitative estimate of drug-likeness (QED) is 0.858. The van der Waals surface area contributed by atoms with Crippen LogP contribution in [0.5, 0.6) is 5.88 Å². The van der Waals surface area contributed by atoms with E-state index in [4.69, 9.17) is 4.74 Å². The maximum Gasteiger partial charge on any atom is 0.218 e. The van der Waals surface area contributed by atoms with E-state index in [0.717, 1.165) is 12.4 Å². The van der Waals surface area contributed by atoms with Crippen molar-refractivity contribution in [2.45, 2.75) is 44.0 Å². The molecule has 0 atom stereocenters. The zero-order chi connectivity index (χ0) is 13.0. The highest BCUT2D eigenvalue weighted by molar-refractivity contribution is 8.00. The number of rotatable bonds is 6. The van der Waals surface area contributed by atoms with E-state index in [0.29, 0.717) is 10.6 Å². The van der Waals surface area contributed by atoms with Crippen LogP contribution in [0.3, 0.4) is 0 Å². The largest absolute Gasteiger partial charge is 0.475 e. The van der Waals surface area contributed by atoms with Crippen LogP contribution in [-0.2, 0) is 0 Å². The molecule has 0 aromatic carbocycles. The fourth-order valence-electron chi connectivity index (χ4n) is 2.02. The van der Waals surface area contributed by atoms with Gasteiger partial charge in [-0.1, -0.05) is 6.42 Å². The van der Waals surface area contributed by atoms with E-state index in [1.54, 1.807) is 6.33 Å². The lowest BCUT2D eigenvalue weighted by Crippen LogP contribution is -2.40. The first-order chi connectivity index (χ1) is 8.63. The Morgan fingerprint density at radius 3 is 2.78 bits per heavy atom. The first kappa shape index (κ1) is 13.5. The van der Waals surface area contributed by atoms with Crippen LogP contribution in [0.15, 0.2) is 12.4 Å². The smallest absolute Gasteiger partial charge is 0.218 e. The molecule has 1 N–H and O–H groups in total. The molecule has 4 nitrogen and oxygen atoms in total. The fraction of sp³-hybridized carbons (Fsp3) is 0.692. The molecule has 1 saturated carbocycles. The van der Waals surface area contributed by atoms with Crippen molar-refractivity contribution in [3.63, 3.8) is 0 Å². The van der Waals surface area contributed by atoms with Crippen LogP contribution in [0.1, 0.15) is 33.1 Å². The topological polar surface area (TPSA) is 47.0 Å². The number of aromatic nitrogens is 2. The van der Waals surface area contributed by atoms with E-state index in [-0.39, 0.29) is 6.10 Å². The number of anilines is 1. The summed E-state index contributed by atoms with van der Waals surface area (Å²) in [7, 11) is 0. The molecule has 0 radical (unpaired) electrons. The van der Waals surface area contributed by atoms with Gasteiger partial charge >= 0.3 is 0 Å². The molecule has 0 spiro atoms. The lowest BCUT2D eigenvalue weighted by atomic mass is 9.84. The minimum Gasteiger partial charge on any atom is -0.475 e. The molecule has 2 rings (SSSR count). The Morgan fingerprint density at radius 2 is 2.22 bits per heavy atom. The van der Waals surface area contributed by atoms with Crippen molar-refractivity contribution in [2.24, 2.45) is 0 Å². The van der Waals surface area contributed by atoms with Gasteiger partial charge in [0.15, 0.2) is 0 Å². The summed E-state index contributed by atoms with van der Waals surface area (Å²) < 4.78 is 5.96. The lowest BCUT2D eigenvalue weighted by Gasteiger charge is -2.40. The minimum absolute atomic E-state index is 0.136. The second-order valence-corrected chi connectivity index (χ2v) is 6.28. The van der Waals surface area contributed by atoms with Crippen LogP contribution >= 0.6 is 11.8 Å². The van der Waals surface area contributed by atoms with Crippen molar-refractivity contribution >= 4 is 17.6 Å². The van der Waals surface area contributed by atoms with Gasteiger partial charge in [0, 0.05) is 17.4 Å². The fourth-order valence-corrected chi connectivity index (χ4v) is 2.93. The number of ether oxygens (including phenoxy) is 1. The van der Waals surface area contributed by atoms with Gasteiger partial charge in [-0.15, -0.1) is 0 Å². The molecule has 0 amide bonds. The highest BCUT2D eigenvalue weighted by atomic mass is 32.2. The first-order valence-corrected chi connectivity index (χ1v) is 7.64. The maximum absolute atomic E-state index is 5.56. The molecule has 18 heavy (non-hydrogen) atoms. The highest BCUT2D eigenvalue weighted by Crippen LogP contribution is 2.42. The van der Waals surface area contributed by atoms with Crippen molar-refractivity contribution < 1.29 is 4.74 Å². The Morgan fingerprint density at radius 1 is 1.44 bits per heavy atom. The molecule has 100 valence electrons. The Labute approximate surface area is 113 Å².